The van der Waals surface area contributed by atoms with E-state index in [1.165, 1.54) is 4.90 Å². The van der Waals surface area contributed by atoms with Gasteiger partial charge in [-0.3, -0.25) is 4.79 Å². The van der Waals surface area contributed by atoms with Crippen molar-refractivity contribution in [2.24, 2.45) is 0 Å². The van der Waals surface area contributed by atoms with Crippen molar-refractivity contribution in [3.8, 4) is 5.75 Å². The molecule has 0 aliphatic carbocycles. The average molecular weight is 293 g/mol. The number of morpholine rings is 1. The summed E-state index contributed by atoms with van der Waals surface area (Å²) in [6.45, 7) is 0.767. The number of amides is 1. The lowest BCUT2D eigenvalue weighted by Crippen LogP contribution is -2.52. The first kappa shape index (κ1) is 15.3. The lowest BCUT2D eigenvalue weighted by Gasteiger charge is -2.32. The van der Waals surface area contributed by atoms with E-state index in [9.17, 15) is 9.59 Å². The third-order valence-corrected chi connectivity index (χ3v) is 3.50. The molecular formula is C15H19NO5. The third kappa shape index (κ3) is 3.95. The summed E-state index contributed by atoms with van der Waals surface area (Å²) in [5, 5.41) is 9.12. The third-order valence-electron chi connectivity index (χ3n) is 3.50. The summed E-state index contributed by atoms with van der Waals surface area (Å²) < 4.78 is 10.3. The lowest BCUT2D eigenvalue weighted by molar-refractivity contribution is -0.158. The highest BCUT2D eigenvalue weighted by atomic mass is 16.5. The predicted molar refractivity (Wildman–Crippen MR) is 75.3 cm³/mol. The number of hydrogen-bond donors (Lipinski definition) is 1. The van der Waals surface area contributed by atoms with Crippen LogP contribution in [0.1, 0.15) is 12.0 Å². The fourth-order valence-electron chi connectivity index (χ4n) is 2.33. The number of hydrogen-bond acceptors (Lipinski definition) is 4. The Labute approximate surface area is 123 Å². The van der Waals surface area contributed by atoms with Crippen molar-refractivity contribution in [3.63, 3.8) is 0 Å². The molecule has 0 radical (unpaired) electrons. The van der Waals surface area contributed by atoms with E-state index in [4.69, 9.17) is 14.6 Å². The molecule has 1 amide bonds. The molecule has 1 saturated heterocycles. The molecule has 6 heteroatoms. The second-order valence-corrected chi connectivity index (χ2v) is 4.87. The Hall–Kier alpha value is -2.08. The van der Waals surface area contributed by atoms with Gasteiger partial charge in [0.15, 0.2) is 6.04 Å². The summed E-state index contributed by atoms with van der Waals surface area (Å²) in [7, 11) is 1.59. The quantitative estimate of drug-likeness (QED) is 0.874. The molecule has 1 unspecified atom stereocenters. The largest absolute Gasteiger partial charge is 0.497 e. The van der Waals surface area contributed by atoms with Gasteiger partial charge in [-0.25, -0.2) is 4.79 Å². The monoisotopic (exact) mass is 293 g/mol. The van der Waals surface area contributed by atoms with Gasteiger partial charge in [-0.1, -0.05) is 12.1 Å². The molecule has 2 rings (SSSR count). The maximum Gasteiger partial charge on any atom is 0.328 e. The van der Waals surface area contributed by atoms with Crippen LogP contribution in [-0.2, 0) is 20.7 Å². The van der Waals surface area contributed by atoms with Gasteiger partial charge in [0.2, 0.25) is 5.91 Å². The summed E-state index contributed by atoms with van der Waals surface area (Å²) in [6.07, 6.45) is 0.830. The van der Waals surface area contributed by atoms with Crippen LogP contribution in [0.15, 0.2) is 24.3 Å². The summed E-state index contributed by atoms with van der Waals surface area (Å²) in [4.78, 5) is 24.7. The predicted octanol–water partition coefficient (Wildman–Crippen LogP) is 0.940. The number of carboxylic acid groups (broad SMARTS) is 1. The number of nitrogens with zero attached hydrogens (tertiary/aromatic N) is 1. The van der Waals surface area contributed by atoms with Crippen molar-refractivity contribution in [1.82, 2.24) is 4.90 Å². The van der Waals surface area contributed by atoms with Crippen LogP contribution >= 0.6 is 0 Å². The average Bonchev–Trinajstić information content (AvgIpc) is 2.52. The number of aryl methyl sites for hydroxylation is 1. The van der Waals surface area contributed by atoms with Gasteiger partial charge in [0.05, 0.1) is 20.3 Å². The van der Waals surface area contributed by atoms with E-state index in [-0.39, 0.29) is 18.9 Å². The fraction of sp³-hybridized carbons (Fsp3) is 0.467. The smallest absolute Gasteiger partial charge is 0.328 e. The Bertz CT molecular complexity index is 517. The van der Waals surface area contributed by atoms with Gasteiger partial charge in [0, 0.05) is 13.0 Å². The summed E-state index contributed by atoms with van der Waals surface area (Å²) in [5.74, 6) is -0.437. The van der Waals surface area contributed by atoms with Gasteiger partial charge in [0.25, 0.3) is 0 Å². The maximum absolute atomic E-state index is 12.2. The van der Waals surface area contributed by atoms with E-state index in [1.807, 2.05) is 24.3 Å². The van der Waals surface area contributed by atoms with Crippen LogP contribution in [0, 0.1) is 0 Å². The highest BCUT2D eigenvalue weighted by Gasteiger charge is 2.32. The summed E-state index contributed by atoms with van der Waals surface area (Å²) >= 11 is 0. The molecule has 0 aromatic heterocycles. The number of aliphatic carboxylic acids is 1. The molecule has 1 fully saturated rings. The number of benzene rings is 1. The van der Waals surface area contributed by atoms with Gasteiger partial charge in [-0.15, -0.1) is 0 Å². The number of rotatable bonds is 5. The highest BCUT2D eigenvalue weighted by molar-refractivity contribution is 5.84. The molecule has 1 aromatic rings. The van der Waals surface area contributed by atoms with Crippen molar-refractivity contribution < 1.29 is 24.2 Å². The Morgan fingerprint density at radius 2 is 2.29 bits per heavy atom. The van der Waals surface area contributed by atoms with Crippen molar-refractivity contribution in [2.45, 2.75) is 18.9 Å². The minimum Gasteiger partial charge on any atom is -0.497 e. The van der Waals surface area contributed by atoms with Crippen LogP contribution < -0.4 is 4.74 Å². The fourth-order valence-corrected chi connectivity index (χ4v) is 2.33. The van der Waals surface area contributed by atoms with Crippen LogP contribution in [0.25, 0.3) is 0 Å². The number of carbonyl (C=O) groups excluding carboxylic acids is 1. The van der Waals surface area contributed by atoms with Crippen LogP contribution in [-0.4, -0.2) is 54.8 Å². The van der Waals surface area contributed by atoms with Crippen LogP contribution in [0.2, 0.25) is 0 Å². The zero-order valence-electron chi connectivity index (χ0n) is 11.9. The normalized spacial score (nSPS) is 18.3. The minimum atomic E-state index is -1.02. The van der Waals surface area contributed by atoms with Gasteiger partial charge in [-0.2, -0.15) is 0 Å². The molecular weight excluding hydrogens is 274 g/mol. The van der Waals surface area contributed by atoms with Crippen molar-refractivity contribution in [3.05, 3.63) is 29.8 Å². The summed E-state index contributed by atoms with van der Waals surface area (Å²) in [5.41, 5.74) is 0.989. The Morgan fingerprint density at radius 1 is 1.48 bits per heavy atom. The molecule has 1 heterocycles. The molecule has 21 heavy (non-hydrogen) atoms. The van der Waals surface area contributed by atoms with Gasteiger partial charge >= 0.3 is 5.97 Å². The van der Waals surface area contributed by atoms with Gasteiger partial charge in [-0.05, 0) is 24.1 Å². The maximum atomic E-state index is 12.2. The van der Waals surface area contributed by atoms with E-state index < -0.39 is 12.0 Å². The van der Waals surface area contributed by atoms with E-state index in [0.717, 1.165) is 11.3 Å². The molecule has 0 spiro atoms. The number of ether oxygens (including phenoxy) is 2. The zero-order chi connectivity index (χ0) is 15.2. The summed E-state index contributed by atoms with van der Waals surface area (Å²) in [6, 6.07) is 6.63. The minimum absolute atomic E-state index is 0.0558. The molecule has 1 aliphatic rings. The van der Waals surface area contributed by atoms with Crippen LogP contribution in [0.4, 0.5) is 0 Å². The standard InChI is InChI=1S/C15H19NO5/c1-20-12-4-2-3-11(9-12)5-6-14(17)16-7-8-21-10-13(16)15(18)19/h2-4,9,13H,5-8,10H2,1H3,(H,18,19). The van der Waals surface area contributed by atoms with Crippen molar-refractivity contribution in [1.29, 1.82) is 0 Å². The highest BCUT2D eigenvalue weighted by Crippen LogP contribution is 2.15. The second-order valence-electron chi connectivity index (χ2n) is 4.87. The van der Waals surface area contributed by atoms with E-state index in [0.29, 0.717) is 19.6 Å². The SMILES string of the molecule is COc1cccc(CCC(=O)N2CCOCC2C(=O)O)c1. The second kappa shape index (κ2) is 7.08. The van der Waals surface area contributed by atoms with Gasteiger partial charge < -0.3 is 19.5 Å². The molecule has 0 saturated carbocycles. The van der Waals surface area contributed by atoms with E-state index in [1.54, 1.807) is 7.11 Å². The number of methoxy groups -OCH3 is 1. The Balaban J connectivity index is 1.95. The Morgan fingerprint density at radius 3 is 3.00 bits per heavy atom. The Kier molecular flexibility index (Phi) is 5.16. The van der Waals surface area contributed by atoms with Gasteiger partial charge in [0.1, 0.15) is 5.75 Å². The molecule has 1 aromatic carbocycles. The first-order valence-electron chi connectivity index (χ1n) is 6.85. The van der Waals surface area contributed by atoms with Crippen LogP contribution in [0.5, 0.6) is 5.75 Å². The molecule has 1 atom stereocenters. The first-order valence-corrected chi connectivity index (χ1v) is 6.85. The van der Waals surface area contributed by atoms with Crippen molar-refractivity contribution >= 4 is 11.9 Å². The molecule has 1 N–H and O–H groups in total. The van der Waals surface area contributed by atoms with Crippen LogP contribution in [0.3, 0.4) is 0 Å². The molecule has 6 nitrogen and oxygen atoms in total. The molecule has 1 aliphatic heterocycles. The zero-order valence-corrected chi connectivity index (χ0v) is 11.9. The number of carboxylic acids is 1. The van der Waals surface area contributed by atoms with E-state index in [2.05, 4.69) is 0 Å². The molecule has 0 bridgehead atoms. The number of carbonyl (C=O) groups is 2. The lowest BCUT2D eigenvalue weighted by atomic mass is 10.1. The molecule has 114 valence electrons. The van der Waals surface area contributed by atoms with Crippen molar-refractivity contribution in [2.75, 3.05) is 26.9 Å². The topological polar surface area (TPSA) is 76.1 Å². The van der Waals surface area contributed by atoms with E-state index >= 15 is 0 Å². The first-order chi connectivity index (χ1) is 10.1.